The second-order valence-corrected chi connectivity index (χ2v) is 11.5. The Morgan fingerprint density at radius 3 is 2.40 bits per heavy atom. The van der Waals surface area contributed by atoms with Crippen LogP contribution in [0, 0.1) is 23.2 Å². The van der Waals surface area contributed by atoms with Crippen LogP contribution in [-0.2, 0) is 32.1 Å². The SMILES string of the molecule is COC(=O)[C@]1(C(=O)Nc2c(CC(C)C)cccc2OCC(C)C)C[C@@H]2C=C[C@H]1N(C(=O)OCc1ccccc1)C2. The minimum absolute atomic E-state index is 0.0911. The van der Waals surface area contributed by atoms with E-state index in [1.165, 1.54) is 12.0 Å². The number of amides is 2. The first kappa shape index (κ1) is 29.2. The lowest BCUT2D eigenvalue weighted by molar-refractivity contribution is -0.165. The smallest absolute Gasteiger partial charge is 0.410 e. The van der Waals surface area contributed by atoms with E-state index in [0.29, 0.717) is 36.9 Å². The van der Waals surface area contributed by atoms with Gasteiger partial charge in [0.2, 0.25) is 5.91 Å². The first-order chi connectivity index (χ1) is 19.1. The third kappa shape index (κ3) is 6.16. The zero-order chi connectivity index (χ0) is 28.9. The van der Waals surface area contributed by atoms with Crippen LogP contribution in [-0.4, -0.2) is 49.2 Å². The van der Waals surface area contributed by atoms with E-state index in [2.05, 4.69) is 33.0 Å². The van der Waals surface area contributed by atoms with Gasteiger partial charge in [-0.25, -0.2) is 4.79 Å². The molecule has 8 nitrogen and oxygen atoms in total. The summed E-state index contributed by atoms with van der Waals surface area (Å²) in [5.74, 6) is -0.249. The molecule has 2 aromatic carbocycles. The molecule has 0 aromatic heterocycles. The largest absolute Gasteiger partial charge is 0.491 e. The summed E-state index contributed by atoms with van der Waals surface area (Å²) in [5, 5.41) is 3.06. The van der Waals surface area contributed by atoms with Crippen molar-refractivity contribution >= 4 is 23.7 Å². The van der Waals surface area contributed by atoms with Crippen LogP contribution in [0.4, 0.5) is 10.5 Å². The monoisotopic (exact) mass is 548 g/mol. The summed E-state index contributed by atoms with van der Waals surface area (Å²) >= 11 is 0. The van der Waals surface area contributed by atoms with E-state index in [-0.39, 0.29) is 24.9 Å². The quantitative estimate of drug-likeness (QED) is 0.236. The van der Waals surface area contributed by atoms with Crippen LogP contribution < -0.4 is 10.1 Å². The van der Waals surface area contributed by atoms with Crippen molar-refractivity contribution < 1.29 is 28.6 Å². The lowest BCUT2D eigenvalue weighted by atomic mass is 9.65. The molecule has 3 aliphatic rings. The summed E-state index contributed by atoms with van der Waals surface area (Å²) in [7, 11) is 1.27. The molecule has 2 aliphatic heterocycles. The van der Waals surface area contributed by atoms with E-state index < -0.39 is 29.4 Å². The van der Waals surface area contributed by atoms with Gasteiger partial charge in [-0.05, 0) is 47.8 Å². The fourth-order valence-corrected chi connectivity index (χ4v) is 5.52. The highest BCUT2D eigenvalue weighted by molar-refractivity contribution is 6.11. The van der Waals surface area contributed by atoms with Crippen molar-refractivity contribution in [2.75, 3.05) is 25.6 Å². The van der Waals surface area contributed by atoms with E-state index in [9.17, 15) is 14.4 Å². The van der Waals surface area contributed by atoms with Gasteiger partial charge in [0, 0.05) is 6.54 Å². The number of nitrogens with one attached hydrogen (secondary N) is 1. The molecule has 2 heterocycles. The molecule has 0 saturated carbocycles. The van der Waals surface area contributed by atoms with Gasteiger partial charge in [-0.1, -0.05) is 82.3 Å². The van der Waals surface area contributed by atoms with Gasteiger partial charge in [-0.2, -0.15) is 0 Å². The molecule has 5 rings (SSSR count). The number of ether oxygens (including phenoxy) is 3. The van der Waals surface area contributed by atoms with Crippen LogP contribution in [0.5, 0.6) is 5.75 Å². The summed E-state index contributed by atoms with van der Waals surface area (Å²) in [6.07, 6.45) is 4.08. The molecule has 1 aliphatic carbocycles. The van der Waals surface area contributed by atoms with Crippen molar-refractivity contribution in [1.29, 1.82) is 0 Å². The molecule has 40 heavy (non-hydrogen) atoms. The number of carbonyl (C=O) groups excluding carboxylic acids is 3. The van der Waals surface area contributed by atoms with Gasteiger partial charge in [0.05, 0.1) is 25.4 Å². The molecule has 0 radical (unpaired) electrons. The Hall–Kier alpha value is -3.81. The summed E-state index contributed by atoms with van der Waals surface area (Å²) in [6, 6.07) is 14.2. The van der Waals surface area contributed by atoms with Crippen LogP contribution in [0.25, 0.3) is 0 Å². The third-order valence-corrected chi connectivity index (χ3v) is 7.37. The van der Waals surface area contributed by atoms with Crippen LogP contribution in [0.3, 0.4) is 0 Å². The minimum Gasteiger partial charge on any atom is -0.491 e. The number of benzene rings is 2. The highest BCUT2D eigenvalue weighted by Gasteiger charge is 2.61. The van der Waals surface area contributed by atoms with Crippen LogP contribution in [0.1, 0.15) is 45.2 Å². The van der Waals surface area contributed by atoms with Gasteiger partial charge in [0.15, 0.2) is 5.41 Å². The number of piperidine rings is 1. The molecule has 1 N–H and O–H groups in total. The molecule has 0 spiro atoms. The average molecular weight is 549 g/mol. The van der Waals surface area contributed by atoms with Gasteiger partial charge in [-0.3, -0.25) is 14.5 Å². The maximum atomic E-state index is 14.3. The van der Waals surface area contributed by atoms with Gasteiger partial charge in [-0.15, -0.1) is 0 Å². The van der Waals surface area contributed by atoms with Crippen LogP contribution >= 0.6 is 0 Å². The molecular weight excluding hydrogens is 508 g/mol. The highest BCUT2D eigenvalue weighted by atomic mass is 16.6. The number of fused-ring (bicyclic) bond motifs is 2. The second kappa shape index (κ2) is 12.6. The maximum Gasteiger partial charge on any atom is 0.410 e. The van der Waals surface area contributed by atoms with Crippen molar-refractivity contribution in [3.63, 3.8) is 0 Å². The highest BCUT2D eigenvalue weighted by Crippen LogP contribution is 2.46. The predicted octanol–water partition coefficient (Wildman–Crippen LogP) is 5.61. The second-order valence-electron chi connectivity index (χ2n) is 11.5. The van der Waals surface area contributed by atoms with E-state index >= 15 is 0 Å². The fourth-order valence-electron chi connectivity index (χ4n) is 5.52. The van der Waals surface area contributed by atoms with Crippen molar-refractivity contribution in [2.45, 2.75) is 53.2 Å². The van der Waals surface area contributed by atoms with Crippen molar-refractivity contribution in [2.24, 2.45) is 23.2 Å². The first-order valence-electron chi connectivity index (χ1n) is 14.0. The fraction of sp³-hybridized carbons (Fsp3) is 0.469. The Labute approximate surface area is 236 Å². The Kier molecular flexibility index (Phi) is 9.17. The predicted molar refractivity (Wildman–Crippen MR) is 153 cm³/mol. The number of carbonyl (C=O) groups is 3. The molecule has 2 bridgehead atoms. The number of hydrogen-bond donors (Lipinski definition) is 1. The zero-order valence-corrected chi connectivity index (χ0v) is 24.0. The summed E-state index contributed by atoms with van der Waals surface area (Å²) < 4.78 is 16.9. The molecule has 2 amide bonds. The standard InChI is InChI=1S/C32H40N2O6/c1-21(2)16-25-12-9-13-26(39-19-22(3)4)28(25)33-29(35)32(30(36)38-5)17-24-14-15-27(32)34(18-24)31(37)40-20-23-10-7-6-8-11-23/h6-15,21-22,24,27H,16-20H2,1-5H3,(H,33,35)/t24-,27+,32+/m0/s1. The molecule has 3 atom stereocenters. The normalized spacial score (nSPS) is 21.4. The number of methoxy groups -OCH3 is 1. The van der Waals surface area contributed by atoms with E-state index in [4.69, 9.17) is 14.2 Å². The number of anilines is 1. The topological polar surface area (TPSA) is 94.2 Å². The van der Waals surface area contributed by atoms with E-state index in [1.54, 1.807) is 6.08 Å². The Morgan fingerprint density at radius 1 is 1.00 bits per heavy atom. The van der Waals surface area contributed by atoms with Gasteiger partial charge in [0.25, 0.3) is 0 Å². The first-order valence-corrected chi connectivity index (χ1v) is 14.0. The lowest BCUT2D eigenvalue weighted by Gasteiger charge is -2.50. The molecule has 1 fully saturated rings. The lowest BCUT2D eigenvalue weighted by Crippen LogP contribution is -2.65. The maximum absolute atomic E-state index is 14.3. The molecule has 0 unspecified atom stereocenters. The summed E-state index contributed by atoms with van der Waals surface area (Å²) in [4.78, 5) is 42.5. The van der Waals surface area contributed by atoms with Gasteiger partial charge in [0.1, 0.15) is 12.4 Å². The van der Waals surface area contributed by atoms with Crippen molar-refractivity contribution in [1.82, 2.24) is 4.90 Å². The van der Waals surface area contributed by atoms with E-state index in [0.717, 1.165) is 11.1 Å². The van der Waals surface area contributed by atoms with Gasteiger partial charge < -0.3 is 19.5 Å². The third-order valence-electron chi connectivity index (χ3n) is 7.37. The summed E-state index contributed by atoms with van der Waals surface area (Å²) in [6.45, 7) is 9.24. The average Bonchev–Trinajstić information content (AvgIpc) is 2.95. The Morgan fingerprint density at radius 2 is 1.75 bits per heavy atom. The molecular formula is C32H40N2O6. The summed E-state index contributed by atoms with van der Waals surface area (Å²) in [5.41, 5.74) is 0.675. The molecule has 1 saturated heterocycles. The number of para-hydroxylation sites is 1. The number of rotatable bonds is 10. The number of esters is 1. The van der Waals surface area contributed by atoms with Crippen LogP contribution in [0.2, 0.25) is 0 Å². The van der Waals surface area contributed by atoms with Crippen molar-refractivity contribution in [3.8, 4) is 5.75 Å². The molecule has 8 heteroatoms. The Balaban J connectivity index is 1.65. The van der Waals surface area contributed by atoms with Crippen LogP contribution in [0.15, 0.2) is 60.7 Å². The van der Waals surface area contributed by atoms with Gasteiger partial charge >= 0.3 is 12.1 Å². The number of nitrogens with zero attached hydrogens (tertiary/aromatic N) is 1. The molecule has 2 aromatic rings. The molecule has 214 valence electrons. The van der Waals surface area contributed by atoms with E-state index in [1.807, 2.05) is 54.6 Å². The van der Waals surface area contributed by atoms with Crippen molar-refractivity contribution in [3.05, 3.63) is 71.8 Å². The minimum atomic E-state index is -1.64. The number of hydrogen-bond acceptors (Lipinski definition) is 6. The Bertz CT molecular complexity index is 1240. The zero-order valence-electron chi connectivity index (χ0n) is 24.0.